The number of ether oxygens (including phenoxy) is 2. The molecule has 1 fully saturated rings. The Bertz CT molecular complexity index is 462. The van der Waals surface area contributed by atoms with Crippen molar-refractivity contribution in [3.05, 3.63) is 29.3 Å². The van der Waals surface area contributed by atoms with Crippen LogP contribution in [0.25, 0.3) is 0 Å². The van der Waals surface area contributed by atoms with Gasteiger partial charge in [0.15, 0.2) is 0 Å². The van der Waals surface area contributed by atoms with E-state index in [1.807, 2.05) is 0 Å². The first-order chi connectivity index (χ1) is 9.12. The molecule has 1 aliphatic heterocycles. The van der Waals surface area contributed by atoms with Gasteiger partial charge in [-0.25, -0.2) is 0 Å². The van der Waals surface area contributed by atoms with Crippen LogP contribution in [-0.2, 0) is 11.2 Å². The lowest BCUT2D eigenvalue weighted by Crippen LogP contribution is -2.39. The van der Waals surface area contributed by atoms with E-state index >= 15 is 0 Å². The Kier molecular flexibility index (Phi) is 3.48. The van der Waals surface area contributed by atoms with Gasteiger partial charge in [-0.15, -0.1) is 11.6 Å². The lowest BCUT2D eigenvalue weighted by molar-refractivity contribution is -0.0780. The van der Waals surface area contributed by atoms with Gasteiger partial charge in [0.25, 0.3) is 0 Å². The summed E-state index contributed by atoms with van der Waals surface area (Å²) < 4.78 is 11.4. The molecule has 1 aliphatic carbocycles. The molecule has 2 nitrogen and oxygen atoms in total. The molecular weight excluding hydrogens is 260 g/mol. The fourth-order valence-electron chi connectivity index (χ4n) is 3.14. The van der Waals surface area contributed by atoms with Crippen molar-refractivity contribution in [3.63, 3.8) is 0 Å². The van der Waals surface area contributed by atoms with Crippen LogP contribution in [0.3, 0.4) is 0 Å². The second-order valence-corrected chi connectivity index (χ2v) is 6.44. The lowest BCUT2D eigenvalue weighted by atomic mass is 9.76. The second-order valence-electron chi connectivity index (χ2n) is 5.91. The van der Waals surface area contributed by atoms with Crippen molar-refractivity contribution in [3.8, 4) is 5.75 Å². The van der Waals surface area contributed by atoms with Crippen LogP contribution >= 0.6 is 11.6 Å². The summed E-state index contributed by atoms with van der Waals surface area (Å²) in [6.07, 6.45) is 5.71. The molecule has 0 saturated heterocycles. The van der Waals surface area contributed by atoms with E-state index in [0.29, 0.717) is 0 Å². The minimum absolute atomic E-state index is 0.0230. The van der Waals surface area contributed by atoms with Gasteiger partial charge in [-0.3, -0.25) is 0 Å². The molecule has 0 amide bonds. The predicted octanol–water partition coefficient (Wildman–Crippen LogP) is 4.25. The van der Waals surface area contributed by atoms with Gasteiger partial charge in [0.1, 0.15) is 11.9 Å². The number of alkyl halides is 1. The first-order valence-electron chi connectivity index (χ1n) is 7.11. The number of fused-ring (bicyclic) bond motifs is 1. The first kappa shape index (κ1) is 13.3. The molecule has 104 valence electrons. The highest BCUT2D eigenvalue weighted by Crippen LogP contribution is 2.44. The topological polar surface area (TPSA) is 18.5 Å². The van der Waals surface area contributed by atoms with Crippen LogP contribution in [0.1, 0.15) is 49.1 Å². The Morgan fingerprint density at radius 2 is 2.26 bits per heavy atom. The molecular formula is C16H21ClO2. The van der Waals surface area contributed by atoms with Crippen LogP contribution in [0.15, 0.2) is 18.2 Å². The average Bonchev–Trinajstić information content (AvgIpc) is 2.72. The standard InChI is InChI=1S/C16H21ClO2/c1-11-8-13-9-12(4-5-15(13)19-11)14(17)10-16(18-2)6-3-7-16/h4-5,9,11,14H,3,6-8,10H2,1-2H3. The van der Waals surface area contributed by atoms with Crippen molar-refractivity contribution < 1.29 is 9.47 Å². The van der Waals surface area contributed by atoms with Crippen LogP contribution in [0.5, 0.6) is 5.75 Å². The highest BCUT2D eigenvalue weighted by Gasteiger charge is 2.39. The van der Waals surface area contributed by atoms with Crippen molar-refractivity contribution >= 4 is 11.6 Å². The van der Waals surface area contributed by atoms with Crippen molar-refractivity contribution in [1.82, 2.24) is 0 Å². The molecule has 1 aromatic rings. The molecule has 0 aromatic heterocycles. The molecule has 1 aromatic carbocycles. The second kappa shape index (κ2) is 4.99. The third-order valence-corrected chi connectivity index (χ3v) is 4.94. The molecule has 1 saturated carbocycles. The summed E-state index contributed by atoms with van der Waals surface area (Å²) >= 11 is 6.60. The lowest BCUT2D eigenvalue weighted by Gasteiger charge is -2.41. The van der Waals surface area contributed by atoms with E-state index in [2.05, 4.69) is 25.1 Å². The molecule has 3 heteroatoms. The normalized spacial score (nSPS) is 25.3. The Morgan fingerprint density at radius 3 is 2.89 bits per heavy atom. The molecule has 2 atom stereocenters. The molecule has 2 aliphatic rings. The van der Waals surface area contributed by atoms with Crippen molar-refractivity contribution in [1.29, 1.82) is 0 Å². The van der Waals surface area contributed by atoms with Crippen LogP contribution < -0.4 is 4.74 Å². The number of rotatable bonds is 4. The summed E-state index contributed by atoms with van der Waals surface area (Å²) in [4.78, 5) is 0. The SMILES string of the molecule is COC1(CC(Cl)c2ccc3c(c2)CC(C)O3)CCC1. The zero-order chi connectivity index (χ0) is 13.5. The van der Waals surface area contributed by atoms with Crippen LogP contribution in [0.4, 0.5) is 0 Å². The quantitative estimate of drug-likeness (QED) is 0.768. The van der Waals surface area contributed by atoms with E-state index in [0.717, 1.165) is 31.4 Å². The van der Waals surface area contributed by atoms with Gasteiger partial charge in [-0.05, 0) is 49.8 Å². The summed E-state index contributed by atoms with van der Waals surface area (Å²) in [5, 5.41) is 0.0291. The zero-order valence-electron chi connectivity index (χ0n) is 11.6. The van der Waals surface area contributed by atoms with E-state index in [1.165, 1.54) is 17.5 Å². The summed E-state index contributed by atoms with van der Waals surface area (Å²) in [6.45, 7) is 2.10. The Morgan fingerprint density at radius 1 is 1.47 bits per heavy atom. The molecule has 0 N–H and O–H groups in total. The maximum atomic E-state index is 6.60. The summed E-state index contributed by atoms with van der Waals surface area (Å²) in [5.41, 5.74) is 2.51. The summed E-state index contributed by atoms with van der Waals surface area (Å²) in [6, 6.07) is 6.36. The average molecular weight is 281 g/mol. The molecule has 0 bridgehead atoms. The third-order valence-electron chi connectivity index (χ3n) is 4.53. The van der Waals surface area contributed by atoms with Crippen LogP contribution in [0, 0.1) is 0 Å². The van der Waals surface area contributed by atoms with Crippen molar-refractivity contribution in [2.24, 2.45) is 0 Å². The smallest absolute Gasteiger partial charge is 0.123 e. The number of hydrogen-bond acceptors (Lipinski definition) is 2. The Hall–Kier alpha value is -0.730. The molecule has 0 radical (unpaired) electrons. The zero-order valence-corrected chi connectivity index (χ0v) is 12.4. The first-order valence-corrected chi connectivity index (χ1v) is 7.54. The largest absolute Gasteiger partial charge is 0.490 e. The van der Waals surface area contributed by atoms with Gasteiger partial charge < -0.3 is 9.47 Å². The Balaban J connectivity index is 1.74. The minimum atomic E-state index is 0.0230. The van der Waals surface area contributed by atoms with Gasteiger partial charge >= 0.3 is 0 Å². The number of methoxy groups -OCH3 is 1. The van der Waals surface area contributed by atoms with E-state index in [1.54, 1.807) is 7.11 Å². The molecule has 1 heterocycles. The van der Waals surface area contributed by atoms with Crippen molar-refractivity contribution in [2.75, 3.05) is 7.11 Å². The van der Waals surface area contributed by atoms with E-state index in [-0.39, 0.29) is 17.1 Å². The fraction of sp³-hybridized carbons (Fsp3) is 0.625. The van der Waals surface area contributed by atoms with Gasteiger partial charge in [0, 0.05) is 13.5 Å². The van der Waals surface area contributed by atoms with E-state index in [9.17, 15) is 0 Å². The molecule has 19 heavy (non-hydrogen) atoms. The van der Waals surface area contributed by atoms with Gasteiger partial charge in [-0.2, -0.15) is 0 Å². The number of hydrogen-bond donors (Lipinski definition) is 0. The molecule has 0 spiro atoms. The number of halogens is 1. The van der Waals surface area contributed by atoms with Gasteiger partial charge in [0.05, 0.1) is 11.0 Å². The molecule has 2 unspecified atom stereocenters. The summed E-state index contributed by atoms with van der Waals surface area (Å²) in [7, 11) is 1.81. The highest BCUT2D eigenvalue weighted by atomic mass is 35.5. The third kappa shape index (κ3) is 2.48. The Labute approximate surface area is 120 Å². The maximum Gasteiger partial charge on any atom is 0.123 e. The fourth-order valence-corrected chi connectivity index (χ4v) is 3.56. The van der Waals surface area contributed by atoms with E-state index in [4.69, 9.17) is 21.1 Å². The predicted molar refractivity (Wildman–Crippen MR) is 77.0 cm³/mol. The van der Waals surface area contributed by atoms with Crippen LogP contribution in [0.2, 0.25) is 0 Å². The molecule has 3 rings (SSSR count). The summed E-state index contributed by atoms with van der Waals surface area (Å²) in [5.74, 6) is 1.02. The van der Waals surface area contributed by atoms with Crippen molar-refractivity contribution in [2.45, 2.75) is 56.1 Å². The van der Waals surface area contributed by atoms with Gasteiger partial charge in [0.2, 0.25) is 0 Å². The van der Waals surface area contributed by atoms with Crippen LogP contribution in [-0.4, -0.2) is 18.8 Å². The minimum Gasteiger partial charge on any atom is -0.490 e. The van der Waals surface area contributed by atoms with Gasteiger partial charge in [-0.1, -0.05) is 12.1 Å². The monoisotopic (exact) mass is 280 g/mol. The van der Waals surface area contributed by atoms with E-state index < -0.39 is 0 Å². The number of benzene rings is 1. The maximum absolute atomic E-state index is 6.60. The highest BCUT2D eigenvalue weighted by molar-refractivity contribution is 6.20.